The molecule has 0 radical (unpaired) electrons. The molecule has 0 aliphatic heterocycles. The lowest BCUT2D eigenvalue weighted by molar-refractivity contribution is 0.392. The lowest BCUT2D eigenvalue weighted by Crippen LogP contribution is -2.34. The Bertz CT molecular complexity index is 415. The first-order valence-electron chi connectivity index (χ1n) is 5.87. The molecule has 0 heterocycles. The third kappa shape index (κ3) is 4.33. The van der Waals surface area contributed by atoms with Gasteiger partial charge < -0.3 is 15.5 Å². The molecule has 5 heteroatoms. The standard InChI is InChI=1S/C13H21FN4/c1-15-13(16-2)17-8-10-5-6-12(14)11(7-10)9-18(3)4/h5-7H,8-9H2,1-4H3,(H2,15,16,17). The predicted molar refractivity (Wildman–Crippen MR) is 73.0 cm³/mol. The second kappa shape index (κ2) is 6.96. The quantitative estimate of drug-likeness (QED) is 0.624. The maximum Gasteiger partial charge on any atom is 0.190 e. The van der Waals surface area contributed by atoms with Gasteiger partial charge in [0.25, 0.3) is 0 Å². The number of aliphatic imine (C=N–C) groups is 1. The molecule has 2 N–H and O–H groups in total. The van der Waals surface area contributed by atoms with Crippen molar-refractivity contribution < 1.29 is 4.39 Å². The summed E-state index contributed by atoms with van der Waals surface area (Å²) in [6.45, 7) is 1.22. The minimum absolute atomic E-state index is 0.162. The Kier molecular flexibility index (Phi) is 5.58. The number of nitrogens with zero attached hydrogens (tertiary/aromatic N) is 2. The van der Waals surface area contributed by atoms with Crippen LogP contribution < -0.4 is 10.6 Å². The van der Waals surface area contributed by atoms with Crippen molar-refractivity contribution in [3.63, 3.8) is 0 Å². The molecular weight excluding hydrogens is 231 g/mol. The molecular formula is C13H21FN4. The van der Waals surface area contributed by atoms with Gasteiger partial charge >= 0.3 is 0 Å². The molecule has 0 fully saturated rings. The Morgan fingerprint density at radius 2 is 2.11 bits per heavy atom. The molecule has 0 aromatic heterocycles. The molecule has 0 bridgehead atoms. The number of guanidine groups is 1. The normalized spacial score (nSPS) is 11.8. The second-order valence-electron chi connectivity index (χ2n) is 4.34. The molecule has 0 spiro atoms. The first-order chi connectivity index (χ1) is 8.56. The van der Waals surface area contributed by atoms with Gasteiger partial charge in [-0.25, -0.2) is 4.39 Å². The van der Waals surface area contributed by atoms with Crippen LogP contribution in [0.2, 0.25) is 0 Å². The van der Waals surface area contributed by atoms with Crippen LogP contribution in [-0.2, 0) is 13.1 Å². The van der Waals surface area contributed by atoms with E-state index in [9.17, 15) is 4.39 Å². The lowest BCUT2D eigenvalue weighted by atomic mass is 10.1. The highest BCUT2D eigenvalue weighted by molar-refractivity contribution is 5.79. The van der Waals surface area contributed by atoms with Gasteiger partial charge in [0, 0.05) is 32.7 Å². The first kappa shape index (κ1) is 14.4. The van der Waals surface area contributed by atoms with E-state index in [1.807, 2.05) is 25.1 Å². The highest BCUT2D eigenvalue weighted by Gasteiger charge is 2.05. The highest BCUT2D eigenvalue weighted by atomic mass is 19.1. The molecule has 0 atom stereocenters. The molecule has 0 saturated heterocycles. The molecule has 0 saturated carbocycles. The van der Waals surface area contributed by atoms with Crippen LogP contribution in [0.5, 0.6) is 0 Å². The maximum atomic E-state index is 13.6. The summed E-state index contributed by atoms with van der Waals surface area (Å²) in [5.74, 6) is 0.555. The molecule has 0 aliphatic rings. The van der Waals surface area contributed by atoms with Gasteiger partial charge in [-0.15, -0.1) is 0 Å². The van der Waals surface area contributed by atoms with E-state index in [4.69, 9.17) is 0 Å². The highest BCUT2D eigenvalue weighted by Crippen LogP contribution is 2.12. The lowest BCUT2D eigenvalue weighted by Gasteiger charge is -2.13. The number of hydrogen-bond acceptors (Lipinski definition) is 2. The van der Waals surface area contributed by atoms with Crippen LogP contribution >= 0.6 is 0 Å². The van der Waals surface area contributed by atoms with Crippen LogP contribution in [0.3, 0.4) is 0 Å². The van der Waals surface area contributed by atoms with Gasteiger partial charge in [-0.05, 0) is 31.8 Å². The van der Waals surface area contributed by atoms with E-state index in [2.05, 4.69) is 15.6 Å². The summed E-state index contributed by atoms with van der Waals surface area (Å²) in [7, 11) is 7.36. The van der Waals surface area contributed by atoms with Crippen molar-refractivity contribution in [1.29, 1.82) is 0 Å². The second-order valence-corrected chi connectivity index (χ2v) is 4.34. The van der Waals surface area contributed by atoms with Gasteiger partial charge in [-0.2, -0.15) is 0 Å². The van der Waals surface area contributed by atoms with Crippen LogP contribution in [0.15, 0.2) is 23.2 Å². The van der Waals surface area contributed by atoms with Crippen molar-refractivity contribution in [3.05, 3.63) is 35.1 Å². The fraction of sp³-hybridized carbons (Fsp3) is 0.462. The van der Waals surface area contributed by atoms with Crippen LogP contribution in [-0.4, -0.2) is 39.1 Å². The summed E-state index contributed by atoms with van der Waals surface area (Å²) >= 11 is 0. The number of rotatable bonds is 4. The van der Waals surface area contributed by atoms with E-state index < -0.39 is 0 Å². The molecule has 1 rings (SSSR count). The van der Waals surface area contributed by atoms with Crippen molar-refractivity contribution in [2.45, 2.75) is 13.1 Å². The summed E-state index contributed by atoms with van der Waals surface area (Å²) in [5.41, 5.74) is 1.74. The zero-order valence-corrected chi connectivity index (χ0v) is 11.4. The van der Waals surface area contributed by atoms with E-state index in [0.29, 0.717) is 24.6 Å². The van der Waals surface area contributed by atoms with Crippen molar-refractivity contribution >= 4 is 5.96 Å². The monoisotopic (exact) mass is 252 g/mol. The topological polar surface area (TPSA) is 39.7 Å². The Morgan fingerprint density at radius 3 is 2.67 bits per heavy atom. The van der Waals surface area contributed by atoms with Crippen molar-refractivity contribution in [2.75, 3.05) is 28.2 Å². The molecule has 100 valence electrons. The first-order valence-corrected chi connectivity index (χ1v) is 5.87. The Labute approximate surface area is 108 Å². The van der Waals surface area contributed by atoms with Crippen LogP contribution in [0.4, 0.5) is 4.39 Å². The van der Waals surface area contributed by atoms with Crippen molar-refractivity contribution in [1.82, 2.24) is 15.5 Å². The van der Waals surface area contributed by atoms with Gasteiger partial charge in [0.15, 0.2) is 5.96 Å². The van der Waals surface area contributed by atoms with E-state index in [1.165, 1.54) is 6.07 Å². The SMILES string of the molecule is CN=C(NC)NCc1ccc(F)c(CN(C)C)c1. The molecule has 0 unspecified atom stereocenters. The van der Waals surface area contributed by atoms with Crippen LogP contribution in [0.1, 0.15) is 11.1 Å². The van der Waals surface area contributed by atoms with Gasteiger partial charge in [0.1, 0.15) is 5.82 Å². The average Bonchev–Trinajstić information content (AvgIpc) is 2.33. The number of nitrogens with one attached hydrogen (secondary N) is 2. The number of hydrogen-bond donors (Lipinski definition) is 2. The Morgan fingerprint density at radius 1 is 1.39 bits per heavy atom. The third-order valence-electron chi connectivity index (χ3n) is 2.52. The molecule has 4 nitrogen and oxygen atoms in total. The minimum Gasteiger partial charge on any atom is -0.359 e. The molecule has 0 amide bonds. The van der Waals surface area contributed by atoms with Gasteiger partial charge in [-0.1, -0.05) is 6.07 Å². The largest absolute Gasteiger partial charge is 0.359 e. The van der Waals surface area contributed by atoms with E-state index in [0.717, 1.165) is 5.56 Å². The van der Waals surface area contributed by atoms with Crippen molar-refractivity contribution in [2.24, 2.45) is 4.99 Å². The van der Waals surface area contributed by atoms with Gasteiger partial charge in [0.2, 0.25) is 0 Å². The molecule has 0 aliphatic carbocycles. The van der Waals surface area contributed by atoms with Gasteiger partial charge in [-0.3, -0.25) is 4.99 Å². The Hall–Kier alpha value is -1.62. The number of benzene rings is 1. The van der Waals surface area contributed by atoms with E-state index in [-0.39, 0.29) is 5.82 Å². The maximum absolute atomic E-state index is 13.6. The van der Waals surface area contributed by atoms with E-state index in [1.54, 1.807) is 20.2 Å². The van der Waals surface area contributed by atoms with Crippen molar-refractivity contribution in [3.8, 4) is 0 Å². The average molecular weight is 252 g/mol. The fourth-order valence-electron chi connectivity index (χ4n) is 1.66. The smallest absolute Gasteiger partial charge is 0.190 e. The molecule has 1 aromatic rings. The summed E-state index contributed by atoms with van der Waals surface area (Å²) in [6, 6.07) is 5.17. The molecule has 1 aromatic carbocycles. The summed E-state index contributed by atoms with van der Waals surface area (Å²) in [4.78, 5) is 5.97. The minimum atomic E-state index is -0.162. The zero-order chi connectivity index (χ0) is 13.5. The zero-order valence-electron chi connectivity index (χ0n) is 11.4. The van der Waals surface area contributed by atoms with E-state index >= 15 is 0 Å². The van der Waals surface area contributed by atoms with Gasteiger partial charge in [0.05, 0.1) is 0 Å². The van der Waals surface area contributed by atoms with Crippen LogP contribution in [0.25, 0.3) is 0 Å². The molecule has 18 heavy (non-hydrogen) atoms. The number of halogens is 1. The Balaban J connectivity index is 2.72. The predicted octanol–water partition coefficient (Wildman–Crippen LogP) is 1.18. The van der Waals surface area contributed by atoms with Crippen LogP contribution in [0, 0.1) is 5.82 Å². The summed E-state index contributed by atoms with van der Waals surface area (Å²) < 4.78 is 13.6. The fourth-order valence-corrected chi connectivity index (χ4v) is 1.66. The summed E-state index contributed by atoms with van der Waals surface area (Å²) in [6.07, 6.45) is 0. The summed E-state index contributed by atoms with van der Waals surface area (Å²) in [5, 5.41) is 6.07. The third-order valence-corrected chi connectivity index (χ3v) is 2.52.